The number of anilines is 2. The molecule has 1 saturated carbocycles. The normalized spacial score (nSPS) is 13.5. The maximum atomic E-state index is 12.2. The van der Waals surface area contributed by atoms with Crippen molar-refractivity contribution in [2.75, 3.05) is 17.7 Å². The SMILES string of the molecule is CNc1ncc(-c2nc3ccc(-n4cccn4)cn3n2)c2cc(NC(=O)C3CC3)ncc12. The number of hydrogen-bond donors (Lipinski definition) is 2. The van der Waals surface area contributed by atoms with Crippen molar-refractivity contribution in [1.29, 1.82) is 0 Å². The van der Waals surface area contributed by atoms with E-state index in [4.69, 9.17) is 4.98 Å². The summed E-state index contributed by atoms with van der Waals surface area (Å²) < 4.78 is 3.49. The quantitative estimate of drug-likeness (QED) is 0.445. The Kier molecular flexibility index (Phi) is 4.10. The molecule has 0 saturated heterocycles. The molecule has 1 aliphatic rings. The number of nitrogens with one attached hydrogen (secondary N) is 2. The molecule has 0 aromatic carbocycles. The summed E-state index contributed by atoms with van der Waals surface area (Å²) in [5.41, 5.74) is 2.34. The lowest BCUT2D eigenvalue weighted by atomic mass is 10.1. The molecule has 5 heterocycles. The lowest BCUT2D eigenvalue weighted by Crippen LogP contribution is -2.14. The third-order valence-electron chi connectivity index (χ3n) is 5.53. The molecule has 0 aliphatic heterocycles. The van der Waals surface area contributed by atoms with E-state index in [2.05, 4.69) is 30.8 Å². The van der Waals surface area contributed by atoms with Gasteiger partial charge in [-0.1, -0.05) is 0 Å². The minimum absolute atomic E-state index is 0.0123. The van der Waals surface area contributed by atoms with Crippen molar-refractivity contribution in [3.05, 3.63) is 55.2 Å². The van der Waals surface area contributed by atoms with Crippen LogP contribution in [0.2, 0.25) is 0 Å². The summed E-state index contributed by atoms with van der Waals surface area (Å²) in [7, 11) is 1.81. The van der Waals surface area contributed by atoms with E-state index in [1.165, 1.54) is 0 Å². The number of nitrogens with zero attached hydrogens (tertiary/aromatic N) is 7. The third-order valence-corrected chi connectivity index (χ3v) is 5.53. The summed E-state index contributed by atoms with van der Waals surface area (Å²) in [6, 6.07) is 7.56. The number of aromatic nitrogens is 7. The van der Waals surface area contributed by atoms with Crippen LogP contribution >= 0.6 is 0 Å². The summed E-state index contributed by atoms with van der Waals surface area (Å²) in [6.07, 6.45) is 10.8. The zero-order valence-corrected chi connectivity index (χ0v) is 17.2. The Morgan fingerprint density at radius 3 is 2.84 bits per heavy atom. The van der Waals surface area contributed by atoms with Crippen LogP contribution in [0.4, 0.5) is 11.6 Å². The molecule has 0 bridgehead atoms. The maximum Gasteiger partial charge on any atom is 0.228 e. The Morgan fingerprint density at radius 1 is 1.16 bits per heavy atom. The molecule has 1 amide bonds. The molecule has 10 nitrogen and oxygen atoms in total. The molecular formula is C22H19N9O. The van der Waals surface area contributed by atoms with Crippen molar-refractivity contribution < 1.29 is 4.79 Å². The smallest absolute Gasteiger partial charge is 0.228 e. The van der Waals surface area contributed by atoms with Crippen molar-refractivity contribution in [2.45, 2.75) is 12.8 Å². The van der Waals surface area contributed by atoms with Gasteiger partial charge in [0.05, 0.1) is 11.9 Å². The van der Waals surface area contributed by atoms with E-state index >= 15 is 0 Å². The van der Waals surface area contributed by atoms with Gasteiger partial charge in [0.25, 0.3) is 0 Å². The van der Waals surface area contributed by atoms with Crippen LogP contribution in [0.5, 0.6) is 0 Å². The zero-order valence-electron chi connectivity index (χ0n) is 17.2. The highest BCUT2D eigenvalue weighted by atomic mass is 16.2. The van der Waals surface area contributed by atoms with Gasteiger partial charge >= 0.3 is 0 Å². The molecule has 10 heteroatoms. The Labute approximate surface area is 182 Å². The molecule has 158 valence electrons. The van der Waals surface area contributed by atoms with Gasteiger partial charge in [-0.3, -0.25) is 4.79 Å². The second-order valence-electron chi connectivity index (χ2n) is 7.73. The minimum atomic E-state index is 0.0123. The molecule has 2 N–H and O–H groups in total. The van der Waals surface area contributed by atoms with Crippen molar-refractivity contribution in [3.63, 3.8) is 0 Å². The fourth-order valence-corrected chi connectivity index (χ4v) is 3.70. The Morgan fingerprint density at radius 2 is 2.06 bits per heavy atom. The van der Waals surface area contributed by atoms with Crippen molar-refractivity contribution >= 4 is 34.0 Å². The molecule has 0 unspecified atom stereocenters. The minimum Gasteiger partial charge on any atom is -0.373 e. The van der Waals surface area contributed by atoms with E-state index in [1.54, 1.807) is 27.8 Å². The van der Waals surface area contributed by atoms with E-state index in [1.807, 2.05) is 43.7 Å². The van der Waals surface area contributed by atoms with Gasteiger partial charge in [0.15, 0.2) is 11.5 Å². The maximum absolute atomic E-state index is 12.2. The molecular weight excluding hydrogens is 406 g/mol. The highest BCUT2D eigenvalue weighted by molar-refractivity contribution is 6.03. The van der Waals surface area contributed by atoms with E-state index in [9.17, 15) is 4.79 Å². The molecule has 6 rings (SSSR count). The van der Waals surface area contributed by atoms with Gasteiger partial charge in [-0.05, 0) is 37.1 Å². The molecule has 0 spiro atoms. The van der Waals surface area contributed by atoms with E-state index < -0.39 is 0 Å². The summed E-state index contributed by atoms with van der Waals surface area (Å²) in [6.45, 7) is 0. The zero-order chi connectivity index (χ0) is 21.7. The van der Waals surface area contributed by atoms with Crippen LogP contribution in [-0.2, 0) is 4.79 Å². The first kappa shape index (κ1) is 18.4. The van der Waals surface area contributed by atoms with E-state index in [-0.39, 0.29) is 11.8 Å². The summed E-state index contributed by atoms with van der Waals surface area (Å²) in [5, 5.41) is 16.6. The first-order valence-electron chi connectivity index (χ1n) is 10.3. The van der Waals surface area contributed by atoms with Crippen LogP contribution in [0.1, 0.15) is 12.8 Å². The number of rotatable bonds is 5. The van der Waals surface area contributed by atoms with Gasteiger partial charge < -0.3 is 10.6 Å². The van der Waals surface area contributed by atoms with Gasteiger partial charge in [0, 0.05) is 54.1 Å². The lowest BCUT2D eigenvalue weighted by Gasteiger charge is -2.10. The van der Waals surface area contributed by atoms with Gasteiger partial charge in [0.2, 0.25) is 5.91 Å². The van der Waals surface area contributed by atoms with Crippen molar-refractivity contribution in [3.8, 4) is 17.1 Å². The molecule has 0 radical (unpaired) electrons. The van der Waals surface area contributed by atoms with Crippen LogP contribution in [-0.4, -0.2) is 47.3 Å². The largest absolute Gasteiger partial charge is 0.373 e. The number of amides is 1. The fourth-order valence-electron chi connectivity index (χ4n) is 3.70. The summed E-state index contributed by atoms with van der Waals surface area (Å²) >= 11 is 0. The Bertz CT molecular complexity index is 1470. The van der Waals surface area contributed by atoms with Crippen LogP contribution in [0.25, 0.3) is 33.5 Å². The van der Waals surface area contributed by atoms with E-state index in [0.29, 0.717) is 23.1 Å². The van der Waals surface area contributed by atoms with Crippen molar-refractivity contribution in [2.24, 2.45) is 5.92 Å². The number of fused-ring (bicyclic) bond motifs is 2. The average molecular weight is 425 g/mol. The second-order valence-corrected chi connectivity index (χ2v) is 7.73. The molecule has 0 atom stereocenters. The number of carbonyl (C=O) groups excluding carboxylic acids is 1. The van der Waals surface area contributed by atoms with Crippen LogP contribution in [0, 0.1) is 5.92 Å². The Hall–Kier alpha value is -4.34. The predicted molar refractivity (Wildman–Crippen MR) is 120 cm³/mol. The van der Waals surface area contributed by atoms with E-state index in [0.717, 1.165) is 34.9 Å². The van der Waals surface area contributed by atoms with Crippen LogP contribution < -0.4 is 10.6 Å². The summed E-state index contributed by atoms with van der Waals surface area (Å²) in [5.74, 6) is 1.85. The average Bonchev–Trinajstić information content (AvgIpc) is 3.36. The molecule has 5 aromatic heterocycles. The van der Waals surface area contributed by atoms with Gasteiger partial charge in [0.1, 0.15) is 11.6 Å². The van der Waals surface area contributed by atoms with Crippen molar-refractivity contribution in [1.82, 2.24) is 34.3 Å². The molecule has 32 heavy (non-hydrogen) atoms. The lowest BCUT2D eigenvalue weighted by molar-refractivity contribution is -0.117. The topological polar surface area (TPSA) is 115 Å². The number of pyridine rings is 3. The monoisotopic (exact) mass is 425 g/mol. The molecule has 5 aromatic rings. The predicted octanol–water partition coefficient (Wildman–Crippen LogP) is 2.92. The first-order valence-corrected chi connectivity index (χ1v) is 10.3. The van der Waals surface area contributed by atoms with Crippen LogP contribution in [0.3, 0.4) is 0 Å². The van der Waals surface area contributed by atoms with Gasteiger partial charge in [-0.25, -0.2) is 24.1 Å². The molecule has 1 aliphatic carbocycles. The molecule has 1 fully saturated rings. The highest BCUT2D eigenvalue weighted by Crippen LogP contribution is 2.33. The van der Waals surface area contributed by atoms with Crippen LogP contribution in [0.15, 0.2) is 55.2 Å². The second kappa shape index (κ2) is 7.12. The summed E-state index contributed by atoms with van der Waals surface area (Å²) in [4.78, 5) is 25.9. The fraction of sp³-hybridized carbons (Fsp3) is 0.182. The number of carbonyl (C=O) groups is 1. The first-order chi connectivity index (χ1) is 15.7. The number of hydrogen-bond acceptors (Lipinski definition) is 7. The standard InChI is InChI=1S/C22H19N9O/c1-23-20-16-10-24-18(27-22(32)13-3-4-13)9-15(16)17(11-25-20)21-28-19-6-5-14(12-31(19)29-21)30-8-2-7-26-30/h2,5-13H,3-4H2,1H3,(H,23,25)(H,24,27,32). The third kappa shape index (κ3) is 3.13. The Balaban J connectivity index is 1.46. The van der Waals surface area contributed by atoms with Gasteiger partial charge in [-0.2, -0.15) is 5.10 Å². The van der Waals surface area contributed by atoms with Gasteiger partial charge in [-0.15, -0.1) is 5.10 Å². The highest BCUT2D eigenvalue weighted by Gasteiger charge is 2.30.